The predicted molar refractivity (Wildman–Crippen MR) is 122 cm³/mol. The molecule has 0 bridgehead atoms. The molecule has 4 heterocycles. The molecule has 0 aromatic carbocycles. The van der Waals surface area contributed by atoms with Crippen LogP contribution in [0, 0.1) is 5.92 Å². The number of hydrogen-bond donors (Lipinski definition) is 1. The van der Waals surface area contributed by atoms with Gasteiger partial charge in [0, 0.05) is 25.0 Å². The summed E-state index contributed by atoms with van der Waals surface area (Å²) in [5.41, 5.74) is 1.63. The zero-order valence-electron chi connectivity index (χ0n) is 18.0. The number of nitrogens with one attached hydrogen (secondary N) is 1. The molecular formula is C24H28N4O2S. The van der Waals surface area contributed by atoms with E-state index in [9.17, 15) is 9.59 Å². The Morgan fingerprint density at radius 3 is 2.84 bits per heavy atom. The van der Waals surface area contributed by atoms with Crippen LogP contribution in [0.5, 0.6) is 0 Å². The van der Waals surface area contributed by atoms with Gasteiger partial charge in [0.15, 0.2) is 0 Å². The number of fused-ring (bicyclic) bond motifs is 3. The lowest BCUT2D eigenvalue weighted by Crippen LogP contribution is -2.64. The highest BCUT2D eigenvalue weighted by Gasteiger charge is 2.48. The van der Waals surface area contributed by atoms with E-state index in [1.165, 1.54) is 0 Å². The van der Waals surface area contributed by atoms with Gasteiger partial charge in [-0.3, -0.25) is 14.6 Å². The number of carbonyl (C=O) groups is 2. The molecule has 2 amide bonds. The van der Waals surface area contributed by atoms with Crippen molar-refractivity contribution < 1.29 is 9.59 Å². The van der Waals surface area contributed by atoms with E-state index in [4.69, 9.17) is 0 Å². The fourth-order valence-electron chi connectivity index (χ4n) is 4.94. The topological polar surface area (TPSA) is 67.2 Å². The highest BCUT2D eigenvalue weighted by Crippen LogP contribution is 2.35. The molecule has 162 valence electrons. The van der Waals surface area contributed by atoms with E-state index < -0.39 is 5.54 Å². The van der Waals surface area contributed by atoms with Gasteiger partial charge in [-0.25, -0.2) is 0 Å². The Bertz CT molecular complexity index is 1110. The Kier molecular flexibility index (Phi) is 5.08. The van der Waals surface area contributed by atoms with Gasteiger partial charge < -0.3 is 14.8 Å². The van der Waals surface area contributed by atoms with Crippen molar-refractivity contribution in [2.75, 3.05) is 0 Å². The first-order valence-electron chi connectivity index (χ1n) is 11.0. The molecule has 5 rings (SSSR count). The van der Waals surface area contributed by atoms with E-state index in [0.717, 1.165) is 47.4 Å². The maximum atomic E-state index is 13.7. The Labute approximate surface area is 186 Å². The van der Waals surface area contributed by atoms with Crippen LogP contribution in [0.2, 0.25) is 0 Å². The summed E-state index contributed by atoms with van der Waals surface area (Å²) in [5.74, 6) is 0.553. The van der Waals surface area contributed by atoms with Crippen molar-refractivity contribution in [1.29, 1.82) is 0 Å². The number of amides is 2. The van der Waals surface area contributed by atoms with E-state index in [1.807, 2.05) is 41.1 Å². The second-order valence-electron chi connectivity index (χ2n) is 9.24. The van der Waals surface area contributed by atoms with Gasteiger partial charge in [0.1, 0.15) is 11.2 Å². The van der Waals surface area contributed by atoms with Gasteiger partial charge in [0.05, 0.1) is 16.8 Å². The van der Waals surface area contributed by atoms with Crippen LogP contribution in [0.3, 0.4) is 0 Å². The van der Waals surface area contributed by atoms with Gasteiger partial charge in [-0.2, -0.15) is 0 Å². The molecule has 1 atom stereocenters. The Morgan fingerprint density at radius 1 is 1.29 bits per heavy atom. The minimum absolute atomic E-state index is 0.0629. The minimum atomic E-state index is -0.975. The molecule has 1 aliphatic heterocycles. The summed E-state index contributed by atoms with van der Waals surface area (Å²) in [7, 11) is 0. The molecule has 3 aromatic heterocycles. The lowest BCUT2D eigenvalue weighted by molar-refractivity contribution is -0.134. The molecule has 31 heavy (non-hydrogen) atoms. The van der Waals surface area contributed by atoms with Crippen LogP contribution in [0.4, 0.5) is 0 Å². The number of hydrogen-bond acceptors (Lipinski definition) is 4. The van der Waals surface area contributed by atoms with Crippen molar-refractivity contribution in [3.8, 4) is 0 Å². The number of carbonyl (C=O) groups excluding carboxylic acids is 2. The van der Waals surface area contributed by atoms with Crippen LogP contribution >= 0.6 is 11.3 Å². The molecule has 3 aromatic rings. The summed E-state index contributed by atoms with van der Waals surface area (Å²) in [6, 6.07) is 7.99. The van der Waals surface area contributed by atoms with Gasteiger partial charge >= 0.3 is 0 Å². The average molecular weight is 437 g/mol. The van der Waals surface area contributed by atoms with Crippen molar-refractivity contribution in [3.05, 3.63) is 53.3 Å². The van der Waals surface area contributed by atoms with Crippen LogP contribution in [-0.2, 0) is 17.9 Å². The molecule has 0 radical (unpaired) electrons. The first kappa shape index (κ1) is 20.2. The molecule has 1 N–H and O–H groups in total. The third-order valence-corrected chi connectivity index (χ3v) is 7.81. The van der Waals surface area contributed by atoms with E-state index in [0.29, 0.717) is 18.8 Å². The maximum Gasteiger partial charge on any atom is 0.271 e. The number of aromatic nitrogens is 2. The third-order valence-electron chi connectivity index (χ3n) is 6.95. The molecule has 0 spiro atoms. The smallest absolute Gasteiger partial charge is 0.271 e. The molecule has 7 heteroatoms. The van der Waals surface area contributed by atoms with E-state index in [1.54, 1.807) is 28.6 Å². The van der Waals surface area contributed by atoms with Crippen LogP contribution < -0.4 is 5.32 Å². The van der Waals surface area contributed by atoms with Crippen LogP contribution in [-0.4, -0.2) is 37.8 Å². The van der Waals surface area contributed by atoms with Crippen LogP contribution in [0.25, 0.3) is 10.2 Å². The highest BCUT2D eigenvalue weighted by molar-refractivity contribution is 7.17. The fraction of sp³-hybridized carbons (Fsp3) is 0.458. The molecule has 1 fully saturated rings. The number of pyridine rings is 1. The van der Waals surface area contributed by atoms with Gasteiger partial charge in [-0.05, 0) is 67.7 Å². The van der Waals surface area contributed by atoms with Crippen molar-refractivity contribution in [3.63, 3.8) is 0 Å². The number of rotatable bonds is 4. The fourth-order valence-corrected chi connectivity index (χ4v) is 5.76. The van der Waals surface area contributed by atoms with Crippen molar-refractivity contribution >= 4 is 33.4 Å². The molecular weight excluding hydrogens is 408 g/mol. The largest absolute Gasteiger partial charge is 0.351 e. The minimum Gasteiger partial charge on any atom is -0.351 e. The first-order valence-corrected chi connectivity index (χ1v) is 11.9. The van der Waals surface area contributed by atoms with E-state index in [2.05, 4.69) is 17.2 Å². The second-order valence-corrected chi connectivity index (χ2v) is 10.2. The van der Waals surface area contributed by atoms with Crippen LogP contribution in [0.15, 0.2) is 42.0 Å². The Balaban J connectivity index is 1.50. The summed E-state index contributed by atoms with van der Waals surface area (Å²) in [4.78, 5) is 33.3. The molecule has 0 saturated heterocycles. The predicted octanol–water partition coefficient (Wildman–Crippen LogP) is 4.21. The number of thiophene rings is 1. The molecule has 1 aliphatic carbocycles. The Morgan fingerprint density at radius 2 is 2.10 bits per heavy atom. The SMILES string of the molecule is CC1CCC(NC(=O)[C@@]2(C)Cn3c(cc4sccc43)C(=O)N2Cc2cccnc2)CC1. The first-order chi connectivity index (χ1) is 15.0. The van der Waals surface area contributed by atoms with E-state index in [-0.39, 0.29) is 17.9 Å². The van der Waals surface area contributed by atoms with Gasteiger partial charge in [0.25, 0.3) is 5.91 Å². The van der Waals surface area contributed by atoms with Crippen molar-refractivity contribution in [1.82, 2.24) is 19.8 Å². The van der Waals surface area contributed by atoms with Crippen molar-refractivity contribution in [2.24, 2.45) is 5.92 Å². The lowest BCUT2D eigenvalue weighted by Gasteiger charge is -2.45. The molecule has 0 unspecified atom stereocenters. The third kappa shape index (κ3) is 3.55. The lowest BCUT2D eigenvalue weighted by atomic mass is 9.86. The van der Waals surface area contributed by atoms with Crippen LogP contribution in [0.1, 0.15) is 55.6 Å². The molecule has 2 aliphatic rings. The summed E-state index contributed by atoms with van der Waals surface area (Å²) >= 11 is 1.62. The average Bonchev–Trinajstić information content (AvgIpc) is 3.36. The molecule has 6 nitrogen and oxygen atoms in total. The standard InChI is InChI=1S/C24H28N4O2S/c1-16-5-7-18(8-6-16)26-23(30)24(2)15-27-19-9-11-31-21(19)12-20(27)22(29)28(24)14-17-4-3-10-25-13-17/h3-4,9-13,16,18H,5-8,14-15H2,1-2H3,(H,26,30)/t16?,18?,24-/m1/s1. The Hall–Kier alpha value is -2.67. The van der Waals surface area contributed by atoms with Gasteiger partial charge in [-0.15, -0.1) is 11.3 Å². The maximum absolute atomic E-state index is 13.7. The highest BCUT2D eigenvalue weighted by atomic mass is 32.1. The van der Waals surface area contributed by atoms with E-state index >= 15 is 0 Å². The number of nitrogens with zero attached hydrogens (tertiary/aromatic N) is 3. The van der Waals surface area contributed by atoms with Gasteiger partial charge in [0.2, 0.25) is 5.91 Å². The normalized spacial score (nSPS) is 26.1. The van der Waals surface area contributed by atoms with Crippen molar-refractivity contribution in [2.45, 2.75) is 64.2 Å². The second kappa shape index (κ2) is 7.79. The summed E-state index contributed by atoms with van der Waals surface area (Å²) in [6.07, 6.45) is 7.76. The summed E-state index contributed by atoms with van der Waals surface area (Å²) < 4.78 is 3.10. The summed E-state index contributed by atoms with van der Waals surface area (Å²) in [5, 5.41) is 5.32. The zero-order chi connectivity index (χ0) is 21.6. The zero-order valence-corrected chi connectivity index (χ0v) is 18.8. The summed E-state index contributed by atoms with van der Waals surface area (Å²) in [6.45, 7) is 4.98. The van der Waals surface area contributed by atoms with Gasteiger partial charge in [-0.1, -0.05) is 13.0 Å². The molecule has 1 saturated carbocycles. The monoisotopic (exact) mass is 436 g/mol. The quantitative estimate of drug-likeness (QED) is 0.666.